The van der Waals surface area contributed by atoms with Crippen molar-refractivity contribution in [3.05, 3.63) is 84.7 Å². The second-order valence-corrected chi connectivity index (χ2v) is 13.4. The van der Waals surface area contributed by atoms with Crippen LogP contribution in [0.1, 0.15) is 38.4 Å². The van der Waals surface area contributed by atoms with Crippen LogP contribution in [-0.4, -0.2) is 56.6 Å². The topological polar surface area (TPSA) is 60.1 Å². The number of unbranched alkanes of at least 4 members (excludes halogenated alkanes) is 1. The van der Waals surface area contributed by atoms with Gasteiger partial charge in [-0.15, -0.1) is 0 Å². The summed E-state index contributed by atoms with van der Waals surface area (Å²) in [5.74, 6) is 0. The first-order valence-electron chi connectivity index (χ1n) is 13.1. The summed E-state index contributed by atoms with van der Waals surface area (Å²) in [6.45, 7) is 5.27. The van der Waals surface area contributed by atoms with E-state index in [1.54, 1.807) is 11.8 Å². The van der Waals surface area contributed by atoms with Crippen LogP contribution in [0.25, 0.3) is 0 Å². The molecule has 0 unspecified atom stereocenters. The maximum atomic E-state index is 7.22. The highest BCUT2D eigenvalue weighted by atomic mass is 32.2. The van der Waals surface area contributed by atoms with Crippen molar-refractivity contribution in [2.24, 2.45) is 9.98 Å². The van der Waals surface area contributed by atoms with E-state index in [4.69, 9.17) is 14.2 Å². The number of nitrogens with one attached hydrogen (secondary N) is 1. The van der Waals surface area contributed by atoms with Crippen LogP contribution in [0, 0.1) is 0 Å². The van der Waals surface area contributed by atoms with Gasteiger partial charge in [-0.05, 0) is 41.7 Å². The van der Waals surface area contributed by atoms with Gasteiger partial charge in [-0.2, -0.15) is 0 Å². The molecule has 0 radical (unpaired) electrons. The molecule has 0 saturated heterocycles. The number of rotatable bonds is 10. The Morgan fingerprint density at radius 1 is 1.03 bits per heavy atom. The van der Waals surface area contributed by atoms with Gasteiger partial charge in [0.25, 0.3) is 14.3 Å². The van der Waals surface area contributed by atoms with Gasteiger partial charge in [-0.1, -0.05) is 92.2 Å². The van der Waals surface area contributed by atoms with Crippen molar-refractivity contribution in [2.75, 3.05) is 26.5 Å². The summed E-state index contributed by atoms with van der Waals surface area (Å²) in [6, 6.07) is 27.2. The minimum atomic E-state index is -2.53. The largest absolute Gasteiger partial charge is 0.465 e. The van der Waals surface area contributed by atoms with Gasteiger partial charge in [0.2, 0.25) is 0 Å². The third kappa shape index (κ3) is 6.03. The summed E-state index contributed by atoms with van der Waals surface area (Å²) in [5.41, 5.74) is 1.10. The van der Waals surface area contributed by atoms with Crippen molar-refractivity contribution in [1.29, 1.82) is 0 Å². The van der Waals surface area contributed by atoms with Crippen molar-refractivity contribution in [3.63, 3.8) is 0 Å². The zero-order valence-corrected chi connectivity index (χ0v) is 24.1. The molecule has 1 N–H and O–H groups in total. The van der Waals surface area contributed by atoms with E-state index in [9.17, 15) is 0 Å². The van der Waals surface area contributed by atoms with Crippen LogP contribution in [0.5, 0.6) is 0 Å². The Balaban J connectivity index is 1.75. The van der Waals surface area contributed by atoms with Gasteiger partial charge in [0.15, 0.2) is 5.17 Å². The minimum Gasteiger partial charge on any atom is -0.465 e. The first-order chi connectivity index (χ1) is 18.2. The summed E-state index contributed by atoms with van der Waals surface area (Å²) < 4.78 is 15.2. The first kappa shape index (κ1) is 27.2. The standard InChI is InChI=1S/C29H38N4O2SSi/c1-5-7-21-37(23-15-10-8-11-16-23,24-17-12-9-13-18-24)35-22-25-27(32-28(30-3)36-4)26-19-14-20-33(26)29(31-25)34-6-2/h8-20,25,27H,5-7,21-22H2,1-4H3,(H,30,32)/t25-,27-/m0/s1. The van der Waals surface area contributed by atoms with Crippen molar-refractivity contribution >= 4 is 41.6 Å². The van der Waals surface area contributed by atoms with E-state index in [-0.39, 0.29) is 12.1 Å². The van der Waals surface area contributed by atoms with E-state index in [0.717, 1.165) is 29.7 Å². The predicted molar refractivity (Wildman–Crippen MR) is 159 cm³/mol. The number of hydrogen-bond donors (Lipinski definition) is 1. The van der Waals surface area contributed by atoms with Gasteiger partial charge in [-0.3, -0.25) is 9.56 Å². The van der Waals surface area contributed by atoms with Gasteiger partial charge in [-0.25, -0.2) is 4.99 Å². The van der Waals surface area contributed by atoms with E-state index in [1.807, 2.05) is 37.1 Å². The average molecular weight is 535 g/mol. The molecular weight excluding hydrogens is 496 g/mol. The average Bonchev–Trinajstić information content (AvgIpc) is 3.45. The zero-order valence-electron chi connectivity index (χ0n) is 22.3. The number of amidine groups is 1. The van der Waals surface area contributed by atoms with E-state index in [1.165, 1.54) is 10.4 Å². The number of nitrogens with zero attached hydrogens (tertiary/aromatic N) is 3. The molecule has 3 aromatic rings. The highest BCUT2D eigenvalue weighted by molar-refractivity contribution is 8.13. The summed E-state index contributed by atoms with van der Waals surface area (Å²) in [4.78, 5) is 9.53. The minimum absolute atomic E-state index is 0.0882. The van der Waals surface area contributed by atoms with Gasteiger partial charge < -0.3 is 14.5 Å². The number of hydrogen-bond acceptors (Lipinski definition) is 5. The van der Waals surface area contributed by atoms with E-state index < -0.39 is 8.32 Å². The van der Waals surface area contributed by atoms with E-state index in [0.29, 0.717) is 19.2 Å². The lowest BCUT2D eigenvalue weighted by Gasteiger charge is -2.37. The van der Waals surface area contributed by atoms with Crippen molar-refractivity contribution in [2.45, 2.75) is 44.8 Å². The van der Waals surface area contributed by atoms with Crippen LogP contribution in [0.4, 0.5) is 0 Å². The maximum Gasteiger partial charge on any atom is 0.296 e. The molecule has 0 amide bonds. The summed E-state index contributed by atoms with van der Waals surface area (Å²) in [7, 11) is -0.721. The molecule has 1 aliphatic heterocycles. The third-order valence-corrected chi connectivity index (χ3v) is 11.7. The Kier molecular flexibility index (Phi) is 9.66. The molecule has 2 heterocycles. The molecule has 2 aromatic carbocycles. The summed E-state index contributed by atoms with van der Waals surface area (Å²) in [5, 5.41) is 7.10. The van der Waals surface area contributed by atoms with Crippen LogP contribution >= 0.6 is 11.8 Å². The lowest BCUT2D eigenvalue weighted by molar-refractivity contribution is 0.241. The van der Waals surface area contributed by atoms with Crippen molar-refractivity contribution in [3.8, 4) is 0 Å². The smallest absolute Gasteiger partial charge is 0.296 e. The Labute approximate surface area is 226 Å². The zero-order chi connectivity index (χ0) is 26.1. The second kappa shape index (κ2) is 13.1. The quantitative estimate of drug-likeness (QED) is 0.233. The second-order valence-electron chi connectivity index (χ2n) is 9.04. The van der Waals surface area contributed by atoms with Crippen molar-refractivity contribution in [1.82, 2.24) is 9.88 Å². The van der Waals surface area contributed by atoms with Crippen LogP contribution in [-0.2, 0) is 9.16 Å². The van der Waals surface area contributed by atoms with Gasteiger partial charge in [0, 0.05) is 13.2 Å². The molecule has 4 rings (SSSR count). The first-order valence-corrected chi connectivity index (χ1v) is 16.4. The fourth-order valence-corrected chi connectivity index (χ4v) is 9.53. The molecule has 0 saturated carbocycles. The molecule has 1 aliphatic rings. The predicted octanol–water partition coefficient (Wildman–Crippen LogP) is 4.67. The lowest BCUT2D eigenvalue weighted by Crippen LogP contribution is -2.61. The highest BCUT2D eigenvalue weighted by Crippen LogP contribution is 2.28. The lowest BCUT2D eigenvalue weighted by atomic mass is 10.1. The fourth-order valence-electron chi connectivity index (χ4n) is 4.95. The molecule has 0 aliphatic carbocycles. The number of aromatic nitrogens is 1. The molecule has 196 valence electrons. The number of fused-ring (bicyclic) bond motifs is 1. The molecule has 0 bridgehead atoms. The molecule has 1 aromatic heterocycles. The summed E-state index contributed by atoms with van der Waals surface area (Å²) in [6.07, 6.45) is 6.27. The molecule has 2 atom stereocenters. The third-order valence-electron chi connectivity index (χ3n) is 6.78. The summed E-state index contributed by atoms with van der Waals surface area (Å²) >= 11 is 1.60. The molecular formula is C29H38N4O2SSi. The Bertz CT molecular complexity index is 1140. The Morgan fingerprint density at radius 3 is 2.27 bits per heavy atom. The van der Waals surface area contributed by atoms with Crippen LogP contribution < -0.4 is 15.7 Å². The van der Waals surface area contributed by atoms with Gasteiger partial charge in [0.1, 0.15) is 6.04 Å². The van der Waals surface area contributed by atoms with Crippen LogP contribution in [0.15, 0.2) is 89.0 Å². The molecule has 37 heavy (non-hydrogen) atoms. The molecule has 0 spiro atoms. The highest BCUT2D eigenvalue weighted by Gasteiger charge is 2.41. The maximum absolute atomic E-state index is 7.22. The van der Waals surface area contributed by atoms with Gasteiger partial charge >= 0.3 is 0 Å². The number of ether oxygens (including phenoxy) is 1. The fraction of sp³-hybridized carbons (Fsp3) is 0.379. The van der Waals surface area contributed by atoms with Gasteiger partial charge in [0.05, 0.1) is 24.9 Å². The molecule has 6 nitrogen and oxygen atoms in total. The molecule has 8 heteroatoms. The Hall–Kier alpha value is -2.81. The normalized spacial score (nSPS) is 17.7. The van der Waals surface area contributed by atoms with Crippen LogP contribution in [0.2, 0.25) is 6.04 Å². The molecule has 0 fully saturated rings. The van der Waals surface area contributed by atoms with E-state index in [2.05, 4.69) is 84.0 Å². The number of thioether (sulfide) groups is 1. The van der Waals surface area contributed by atoms with E-state index >= 15 is 0 Å². The SMILES string of the molecule is CCCC[Si](OC[C@@H]1N=C(OCC)n2cccc2[C@H]1NC(=NC)SC)(c1ccccc1)c1ccccc1. The van der Waals surface area contributed by atoms with Crippen molar-refractivity contribution < 1.29 is 9.16 Å². The van der Waals surface area contributed by atoms with Crippen LogP contribution in [0.3, 0.4) is 0 Å². The Morgan fingerprint density at radius 2 is 1.70 bits per heavy atom. The number of aliphatic imine (C=N–C) groups is 2. The monoisotopic (exact) mass is 534 g/mol. The number of benzene rings is 2.